The standard InChI is InChI=1S/C35H45N5O4S2/c1-3-18-39-32(38-22-20-37(21-23-38)27-15-11-10-12-16-27)28(26(2)29(25-36)33(39)43)24-30-34(44)40(35(45)46-30)19-14-9-7-5-4-6-8-13-17-31(41)42/h10-12,15-16,24H,3-9,13-14,17-23H2,1-2H3,(H,41,42)/b30-24+. The SMILES string of the molecule is CCCn1c(N2CCN(c3ccccc3)CC2)c(/C=C2/SC(=S)N(CCCCCCCCCCC(=O)O)C2=O)c(C)c(C#N)c1=O. The van der Waals surface area contributed by atoms with E-state index in [1.807, 2.05) is 31.2 Å². The number of unbranched alkanes of at least 4 members (excludes halogenated alkanes) is 7. The number of nitriles is 1. The quantitative estimate of drug-likeness (QED) is 0.121. The molecule has 0 spiro atoms. The van der Waals surface area contributed by atoms with E-state index in [9.17, 15) is 19.6 Å². The molecule has 3 heterocycles. The number of aliphatic carboxylic acids is 1. The second-order valence-electron chi connectivity index (χ2n) is 11.9. The average molecular weight is 664 g/mol. The molecule has 4 rings (SSSR count). The monoisotopic (exact) mass is 663 g/mol. The first-order valence-corrected chi connectivity index (χ1v) is 17.7. The number of piperazine rings is 1. The van der Waals surface area contributed by atoms with Crippen molar-refractivity contribution >= 4 is 57.8 Å². The second-order valence-corrected chi connectivity index (χ2v) is 13.6. The zero-order valence-electron chi connectivity index (χ0n) is 27.0. The van der Waals surface area contributed by atoms with Crippen LogP contribution in [0.4, 0.5) is 11.5 Å². The van der Waals surface area contributed by atoms with Gasteiger partial charge in [-0.3, -0.25) is 23.9 Å². The van der Waals surface area contributed by atoms with Gasteiger partial charge in [-0.05, 0) is 50.0 Å². The lowest BCUT2D eigenvalue weighted by molar-refractivity contribution is -0.137. The van der Waals surface area contributed by atoms with Gasteiger partial charge in [-0.15, -0.1) is 0 Å². The van der Waals surface area contributed by atoms with Crippen LogP contribution in [-0.2, 0) is 16.1 Å². The van der Waals surface area contributed by atoms with E-state index in [0.29, 0.717) is 41.0 Å². The Morgan fingerprint density at radius 2 is 1.57 bits per heavy atom. The minimum atomic E-state index is -0.730. The van der Waals surface area contributed by atoms with E-state index in [0.717, 1.165) is 82.3 Å². The van der Waals surface area contributed by atoms with Crippen molar-refractivity contribution in [1.82, 2.24) is 9.47 Å². The molecule has 2 aromatic rings. The third-order valence-corrected chi connectivity index (χ3v) is 10.0. The van der Waals surface area contributed by atoms with Crippen molar-refractivity contribution in [3.8, 4) is 6.07 Å². The van der Waals surface area contributed by atoms with Crippen molar-refractivity contribution in [1.29, 1.82) is 5.26 Å². The van der Waals surface area contributed by atoms with Crippen LogP contribution in [0.15, 0.2) is 40.0 Å². The fraction of sp³-hybridized carbons (Fsp3) is 0.514. The van der Waals surface area contributed by atoms with E-state index >= 15 is 0 Å². The fourth-order valence-corrected chi connectivity index (χ4v) is 7.45. The summed E-state index contributed by atoms with van der Waals surface area (Å²) in [7, 11) is 0. The van der Waals surface area contributed by atoms with Crippen LogP contribution < -0.4 is 15.4 Å². The number of carboxylic acids is 1. The molecule has 9 nitrogen and oxygen atoms in total. The first-order valence-electron chi connectivity index (χ1n) is 16.5. The molecular formula is C35H45N5O4S2. The molecule has 0 saturated carbocycles. The van der Waals surface area contributed by atoms with Crippen LogP contribution in [0, 0.1) is 18.3 Å². The molecule has 1 N–H and O–H groups in total. The summed E-state index contributed by atoms with van der Waals surface area (Å²) in [6.07, 6.45) is 10.7. The zero-order valence-corrected chi connectivity index (χ0v) is 28.6. The molecule has 0 aliphatic carbocycles. The first-order chi connectivity index (χ1) is 22.3. The van der Waals surface area contributed by atoms with Gasteiger partial charge in [-0.2, -0.15) is 5.26 Å². The molecule has 2 aliphatic rings. The lowest BCUT2D eigenvalue weighted by Crippen LogP contribution is -2.48. The van der Waals surface area contributed by atoms with Crippen molar-refractivity contribution in [2.45, 2.75) is 84.6 Å². The molecule has 2 saturated heterocycles. The Morgan fingerprint density at radius 3 is 2.17 bits per heavy atom. The van der Waals surface area contributed by atoms with Crippen LogP contribution in [0.2, 0.25) is 0 Å². The molecule has 1 aromatic carbocycles. The smallest absolute Gasteiger partial charge is 0.303 e. The number of benzene rings is 1. The second kappa shape index (κ2) is 17.3. The zero-order chi connectivity index (χ0) is 33.1. The normalized spacial score (nSPS) is 16.0. The summed E-state index contributed by atoms with van der Waals surface area (Å²) in [5.74, 6) is -0.0881. The predicted octanol–water partition coefficient (Wildman–Crippen LogP) is 6.56. The van der Waals surface area contributed by atoms with E-state index in [-0.39, 0.29) is 23.5 Å². The van der Waals surface area contributed by atoms with E-state index in [4.69, 9.17) is 17.3 Å². The van der Waals surface area contributed by atoms with Gasteiger partial charge in [0.25, 0.3) is 11.5 Å². The first kappa shape index (κ1) is 35.2. The van der Waals surface area contributed by atoms with Crippen LogP contribution in [0.5, 0.6) is 0 Å². The van der Waals surface area contributed by atoms with E-state index < -0.39 is 5.97 Å². The third-order valence-electron chi connectivity index (χ3n) is 8.67. The molecule has 0 atom stereocenters. The summed E-state index contributed by atoms with van der Waals surface area (Å²) in [6, 6.07) is 12.4. The summed E-state index contributed by atoms with van der Waals surface area (Å²) >= 11 is 6.93. The van der Waals surface area contributed by atoms with Crippen LogP contribution in [0.3, 0.4) is 0 Å². The number of rotatable bonds is 16. The Morgan fingerprint density at radius 1 is 0.957 bits per heavy atom. The summed E-state index contributed by atoms with van der Waals surface area (Å²) in [4.78, 5) is 44.6. The van der Waals surface area contributed by atoms with E-state index in [1.54, 1.807) is 16.4 Å². The van der Waals surface area contributed by atoms with Crippen molar-refractivity contribution in [2.75, 3.05) is 42.5 Å². The summed E-state index contributed by atoms with van der Waals surface area (Å²) in [5.41, 5.74) is 2.33. The molecule has 0 radical (unpaired) electrons. The van der Waals surface area contributed by atoms with Crippen molar-refractivity contribution in [2.24, 2.45) is 0 Å². The highest BCUT2D eigenvalue weighted by Gasteiger charge is 2.33. The maximum Gasteiger partial charge on any atom is 0.303 e. The molecule has 46 heavy (non-hydrogen) atoms. The third kappa shape index (κ3) is 8.80. The predicted molar refractivity (Wildman–Crippen MR) is 190 cm³/mol. The van der Waals surface area contributed by atoms with Gasteiger partial charge in [-0.25, -0.2) is 0 Å². The van der Waals surface area contributed by atoms with Crippen LogP contribution >= 0.6 is 24.0 Å². The van der Waals surface area contributed by atoms with Gasteiger partial charge in [0, 0.05) is 56.9 Å². The molecule has 0 unspecified atom stereocenters. The summed E-state index contributed by atoms with van der Waals surface area (Å²) in [5, 5.41) is 18.7. The Bertz CT molecular complexity index is 1520. The fourth-order valence-electron chi connectivity index (χ4n) is 6.16. The number of para-hydroxylation sites is 1. The van der Waals surface area contributed by atoms with Crippen molar-refractivity contribution < 1.29 is 14.7 Å². The number of carboxylic acid groups (broad SMARTS) is 1. The number of anilines is 2. The van der Waals surface area contributed by atoms with E-state index in [1.165, 1.54) is 17.4 Å². The highest BCUT2D eigenvalue weighted by Crippen LogP contribution is 2.36. The molecule has 0 bridgehead atoms. The number of hydrogen-bond donors (Lipinski definition) is 1. The number of aromatic nitrogens is 1. The Labute approximate surface area is 281 Å². The molecule has 11 heteroatoms. The van der Waals surface area contributed by atoms with Crippen LogP contribution in [0.1, 0.15) is 87.8 Å². The van der Waals surface area contributed by atoms with Crippen molar-refractivity contribution in [3.63, 3.8) is 0 Å². The van der Waals surface area contributed by atoms with Gasteiger partial charge in [0.1, 0.15) is 21.8 Å². The molecular weight excluding hydrogens is 619 g/mol. The largest absolute Gasteiger partial charge is 0.481 e. The number of thiocarbonyl (C=S) groups is 1. The molecule has 1 aromatic heterocycles. The van der Waals surface area contributed by atoms with Gasteiger partial charge >= 0.3 is 5.97 Å². The van der Waals surface area contributed by atoms with Gasteiger partial charge in [0.2, 0.25) is 0 Å². The summed E-state index contributed by atoms with van der Waals surface area (Å²) in [6.45, 7) is 7.84. The van der Waals surface area contributed by atoms with Gasteiger partial charge in [0.05, 0.1) is 4.91 Å². The number of thioether (sulfide) groups is 1. The number of amides is 1. The van der Waals surface area contributed by atoms with Crippen LogP contribution in [0.25, 0.3) is 6.08 Å². The number of carbonyl (C=O) groups is 2. The maximum absolute atomic E-state index is 13.6. The topological polar surface area (TPSA) is 110 Å². The average Bonchev–Trinajstić information content (AvgIpc) is 3.32. The van der Waals surface area contributed by atoms with Crippen LogP contribution in [-0.4, -0.2) is 63.5 Å². The lowest BCUT2D eigenvalue weighted by Gasteiger charge is -2.39. The molecule has 1 amide bonds. The summed E-state index contributed by atoms with van der Waals surface area (Å²) < 4.78 is 2.26. The molecule has 2 fully saturated rings. The molecule has 246 valence electrons. The Hall–Kier alpha value is -3.62. The minimum absolute atomic E-state index is 0.115. The minimum Gasteiger partial charge on any atom is -0.481 e. The highest BCUT2D eigenvalue weighted by molar-refractivity contribution is 8.26. The lowest BCUT2D eigenvalue weighted by atomic mass is 10.0. The number of pyridine rings is 1. The molecule has 2 aliphatic heterocycles. The number of carbonyl (C=O) groups excluding carboxylic acids is 1. The Kier molecular flexibility index (Phi) is 13.3. The highest BCUT2D eigenvalue weighted by atomic mass is 32.2. The Balaban J connectivity index is 1.48. The number of nitrogens with zero attached hydrogens (tertiary/aromatic N) is 5. The van der Waals surface area contributed by atoms with Gasteiger partial charge in [-0.1, -0.05) is 87.6 Å². The van der Waals surface area contributed by atoms with Gasteiger partial charge in [0.15, 0.2) is 0 Å². The maximum atomic E-state index is 13.6. The van der Waals surface area contributed by atoms with E-state index in [2.05, 4.69) is 28.0 Å². The number of hydrogen-bond acceptors (Lipinski definition) is 8. The van der Waals surface area contributed by atoms with Gasteiger partial charge < -0.3 is 14.9 Å². The van der Waals surface area contributed by atoms with Crippen molar-refractivity contribution in [3.05, 3.63) is 62.3 Å².